The molecule has 7 heteroatoms. The first-order chi connectivity index (χ1) is 11.2. The Balaban J connectivity index is 1.93. The van der Waals surface area contributed by atoms with Crippen LogP contribution in [0, 0.1) is 5.82 Å². The molecule has 4 aromatic rings. The Kier molecular flexibility index (Phi) is 3.20. The Hall–Kier alpha value is -2.93. The van der Waals surface area contributed by atoms with Crippen LogP contribution in [0.25, 0.3) is 26.8 Å². The Morgan fingerprint density at radius 2 is 1.70 bits per heavy atom. The Morgan fingerprint density at radius 3 is 2.48 bits per heavy atom. The van der Waals surface area contributed by atoms with Crippen molar-refractivity contribution in [3.8, 4) is 21.8 Å². The Bertz CT molecular complexity index is 1060. The van der Waals surface area contributed by atoms with E-state index in [0.717, 1.165) is 11.3 Å². The molecule has 0 N–H and O–H groups in total. The summed E-state index contributed by atoms with van der Waals surface area (Å²) in [7, 11) is 0. The number of halogens is 1. The maximum absolute atomic E-state index is 13.9. The number of rotatable bonds is 2. The van der Waals surface area contributed by atoms with Crippen LogP contribution in [0.4, 0.5) is 4.39 Å². The van der Waals surface area contributed by atoms with Crippen LogP contribution < -0.4 is 5.56 Å². The molecule has 0 bridgehead atoms. The number of fused-ring (bicyclic) bond motifs is 1. The second kappa shape index (κ2) is 5.36. The fraction of sp³-hybridized carbons (Fsp3) is 0. The zero-order chi connectivity index (χ0) is 15.8. The topological polar surface area (TPSA) is 60.2 Å². The van der Waals surface area contributed by atoms with Crippen LogP contribution in [0.1, 0.15) is 0 Å². The van der Waals surface area contributed by atoms with Crippen LogP contribution in [0.2, 0.25) is 0 Å². The van der Waals surface area contributed by atoms with Crippen molar-refractivity contribution in [2.24, 2.45) is 0 Å². The zero-order valence-corrected chi connectivity index (χ0v) is 12.5. The predicted molar refractivity (Wildman–Crippen MR) is 85.8 cm³/mol. The quantitative estimate of drug-likeness (QED) is 0.569. The maximum Gasteiger partial charge on any atom is 0.302 e. The van der Waals surface area contributed by atoms with Crippen LogP contribution in [0.5, 0.6) is 0 Å². The molecule has 5 nitrogen and oxygen atoms in total. The van der Waals surface area contributed by atoms with Crippen molar-refractivity contribution in [1.82, 2.24) is 19.8 Å². The van der Waals surface area contributed by atoms with Gasteiger partial charge in [0.1, 0.15) is 5.82 Å². The highest BCUT2D eigenvalue weighted by Crippen LogP contribution is 2.26. The summed E-state index contributed by atoms with van der Waals surface area (Å²) in [5.74, 6) is -0.393. The molecule has 0 atom stereocenters. The van der Waals surface area contributed by atoms with E-state index in [1.165, 1.54) is 10.6 Å². The molecule has 23 heavy (non-hydrogen) atoms. The number of hydrogen-bond acceptors (Lipinski definition) is 5. The van der Waals surface area contributed by atoms with Gasteiger partial charge in [-0.05, 0) is 12.1 Å². The van der Waals surface area contributed by atoms with Gasteiger partial charge in [-0.2, -0.15) is 9.61 Å². The van der Waals surface area contributed by atoms with Crippen LogP contribution in [-0.4, -0.2) is 19.8 Å². The second-order valence-electron chi connectivity index (χ2n) is 4.80. The largest absolute Gasteiger partial charge is 0.302 e. The lowest BCUT2D eigenvalue weighted by Gasteiger charge is -1.98. The third kappa shape index (κ3) is 2.31. The summed E-state index contributed by atoms with van der Waals surface area (Å²) in [6, 6.07) is 15.3. The lowest BCUT2D eigenvalue weighted by atomic mass is 10.2. The molecular formula is C16H9FN4OS. The molecule has 0 radical (unpaired) electrons. The highest BCUT2D eigenvalue weighted by atomic mass is 32.1. The maximum atomic E-state index is 13.9. The van der Waals surface area contributed by atoms with Gasteiger partial charge in [-0.3, -0.25) is 4.79 Å². The first kappa shape index (κ1) is 13.7. The highest BCUT2D eigenvalue weighted by Gasteiger charge is 2.15. The summed E-state index contributed by atoms with van der Waals surface area (Å²) in [6.45, 7) is 0. The van der Waals surface area contributed by atoms with Crippen molar-refractivity contribution < 1.29 is 4.39 Å². The third-order valence-corrected chi connectivity index (χ3v) is 4.27. The van der Waals surface area contributed by atoms with Gasteiger partial charge >= 0.3 is 5.56 Å². The van der Waals surface area contributed by atoms with E-state index in [0.29, 0.717) is 21.1 Å². The first-order valence-electron chi connectivity index (χ1n) is 6.81. The van der Waals surface area contributed by atoms with E-state index in [2.05, 4.69) is 15.3 Å². The van der Waals surface area contributed by atoms with E-state index in [1.807, 2.05) is 18.2 Å². The molecule has 0 aliphatic carbocycles. The summed E-state index contributed by atoms with van der Waals surface area (Å²) < 4.78 is 15.1. The van der Waals surface area contributed by atoms with Crippen molar-refractivity contribution in [3.63, 3.8) is 0 Å². The summed E-state index contributed by atoms with van der Waals surface area (Å²) in [5, 5.41) is 12.6. The average molecular weight is 324 g/mol. The fourth-order valence-corrected chi connectivity index (χ4v) is 3.10. The number of aromatic nitrogens is 4. The zero-order valence-electron chi connectivity index (χ0n) is 11.7. The molecule has 0 aliphatic rings. The summed E-state index contributed by atoms with van der Waals surface area (Å²) in [4.78, 5) is 12.9. The number of nitrogens with zero attached hydrogens (tertiary/aromatic N) is 4. The average Bonchev–Trinajstić information content (AvgIpc) is 3.01. The van der Waals surface area contributed by atoms with Gasteiger partial charge in [0.05, 0.1) is 0 Å². The van der Waals surface area contributed by atoms with E-state index in [4.69, 9.17) is 0 Å². The van der Waals surface area contributed by atoms with Crippen LogP contribution >= 0.6 is 11.3 Å². The lowest BCUT2D eigenvalue weighted by Crippen LogP contribution is -2.19. The predicted octanol–water partition coefficient (Wildman–Crippen LogP) is 3.02. The second-order valence-corrected chi connectivity index (χ2v) is 5.76. The molecule has 2 aromatic heterocycles. The van der Waals surface area contributed by atoms with Gasteiger partial charge in [0.2, 0.25) is 4.96 Å². The molecule has 0 aliphatic heterocycles. The molecule has 2 aromatic carbocycles. The smallest absolute Gasteiger partial charge is 0.265 e. The minimum Gasteiger partial charge on any atom is -0.265 e. The molecule has 2 heterocycles. The summed E-state index contributed by atoms with van der Waals surface area (Å²) >= 11 is 1.12. The molecular weight excluding hydrogens is 315 g/mol. The monoisotopic (exact) mass is 324 g/mol. The molecule has 0 spiro atoms. The Labute approximate surface area is 133 Å². The summed E-state index contributed by atoms with van der Waals surface area (Å²) in [5.41, 5.74) is 0.844. The number of hydrogen-bond donors (Lipinski definition) is 0. The van der Waals surface area contributed by atoms with Gasteiger partial charge in [-0.25, -0.2) is 4.39 Å². The Morgan fingerprint density at radius 1 is 0.957 bits per heavy atom. The van der Waals surface area contributed by atoms with Crippen LogP contribution in [0.15, 0.2) is 59.4 Å². The van der Waals surface area contributed by atoms with Crippen LogP contribution in [0.3, 0.4) is 0 Å². The molecule has 0 saturated carbocycles. The molecule has 0 fully saturated rings. The van der Waals surface area contributed by atoms with Crippen molar-refractivity contribution in [3.05, 3.63) is 70.8 Å². The minimum atomic E-state index is -0.393. The van der Waals surface area contributed by atoms with E-state index >= 15 is 0 Å². The molecule has 0 unspecified atom stereocenters. The highest BCUT2D eigenvalue weighted by molar-refractivity contribution is 7.19. The van der Waals surface area contributed by atoms with E-state index in [-0.39, 0.29) is 11.3 Å². The van der Waals surface area contributed by atoms with Gasteiger partial charge in [0, 0.05) is 11.1 Å². The normalized spacial score (nSPS) is 11.0. The van der Waals surface area contributed by atoms with Crippen molar-refractivity contribution in [2.45, 2.75) is 0 Å². The molecule has 112 valence electrons. The fourth-order valence-electron chi connectivity index (χ4n) is 2.24. The third-order valence-electron chi connectivity index (χ3n) is 3.34. The van der Waals surface area contributed by atoms with Gasteiger partial charge in [-0.1, -0.05) is 53.8 Å². The van der Waals surface area contributed by atoms with Crippen molar-refractivity contribution >= 4 is 16.3 Å². The lowest BCUT2D eigenvalue weighted by molar-refractivity contribution is 0.630. The SMILES string of the molecule is O=c1c(-c2ccccc2)nnc2sc(-c3ccccc3F)nn12. The molecule has 4 rings (SSSR count). The van der Waals surface area contributed by atoms with E-state index in [9.17, 15) is 9.18 Å². The standard InChI is InChI=1S/C16H9FN4OS/c17-12-9-5-4-8-11(12)14-20-21-15(22)13(18-19-16(21)23-14)10-6-2-1-3-7-10/h1-9H. The van der Waals surface area contributed by atoms with Crippen molar-refractivity contribution in [1.29, 1.82) is 0 Å². The van der Waals surface area contributed by atoms with E-state index in [1.54, 1.807) is 30.3 Å². The summed E-state index contributed by atoms with van der Waals surface area (Å²) in [6.07, 6.45) is 0. The number of benzene rings is 2. The van der Waals surface area contributed by atoms with Crippen LogP contribution in [-0.2, 0) is 0 Å². The van der Waals surface area contributed by atoms with Crippen molar-refractivity contribution in [2.75, 3.05) is 0 Å². The molecule has 0 amide bonds. The van der Waals surface area contributed by atoms with Gasteiger partial charge < -0.3 is 0 Å². The minimum absolute atomic E-state index is 0.216. The van der Waals surface area contributed by atoms with Gasteiger partial charge in [-0.15, -0.1) is 10.2 Å². The first-order valence-corrected chi connectivity index (χ1v) is 7.62. The van der Waals surface area contributed by atoms with E-state index < -0.39 is 5.82 Å². The molecule has 0 saturated heterocycles. The van der Waals surface area contributed by atoms with Gasteiger partial charge in [0.25, 0.3) is 0 Å². The van der Waals surface area contributed by atoms with Gasteiger partial charge in [0.15, 0.2) is 10.7 Å².